The minimum absolute atomic E-state index is 0.261. The molecule has 1 aliphatic heterocycles. The highest BCUT2D eigenvalue weighted by atomic mass is 16.3. The molecule has 0 unspecified atom stereocenters. The zero-order valence-electron chi connectivity index (χ0n) is 15.9. The largest absolute Gasteiger partial charge is 0.369 e. The number of hydrogen-bond acceptors (Lipinski definition) is 4. The first-order chi connectivity index (χ1) is 13.4. The van der Waals surface area contributed by atoms with Crippen molar-refractivity contribution in [1.29, 1.82) is 0 Å². The predicted molar refractivity (Wildman–Crippen MR) is 104 cm³/mol. The summed E-state index contributed by atoms with van der Waals surface area (Å²) in [7, 11) is 1.64. The topological polar surface area (TPSA) is 98.3 Å². The number of rotatable bonds is 2. The van der Waals surface area contributed by atoms with Crippen molar-refractivity contribution in [3.63, 3.8) is 0 Å². The van der Waals surface area contributed by atoms with Crippen LogP contribution in [0.15, 0.2) is 24.3 Å². The van der Waals surface area contributed by atoms with Crippen molar-refractivity contribution >= 4 is 17.5 Å². The predicted octanol–water partition coefficient (Wildman–Crippen LogP) is 1.66. The lowest BCUT2D eigenvalue weighted by atomic mass is 10.0. The highest BCUT2D eigenvalue weighted by molar-refractivity contribution is 6.04. The van der Waals surface area contributed by atoms with Gasteiger partial charge in [0.15, 0.2) is 5.69 Å². The molecule has 7 nitrogen and oxygen atoms in total. The van der Waals surface area contributed by atoms with E-state index in [2.05, 4.69) is 34.3 Å². The number of carbonyl (C=O) groups is 2. The molecule has 3 N–H and O–H groups in total. The Hall–Kier alpha value is -3.11. The van der Waals surface area contributed by atoms with E-state index in [0.29, 0.717) is 29.4 Å². The van der Waals surface area contributed by atoms with E-state index < -0.39 is 5.60 Å². The first-order valence-electron chi connectivity index (χ1n) is 9.37. The van der Waals surface area contributed by atoms with Crippen LogP contribution in [0.4, 0.5) is 5.69 Å². The number of aromatic nitrogens is 2. The third-order valence-corrected chi connectivity index (χ3v) is 5.46. The molecule has 7 heteroatoms. The number of aryl methyl sites for hydroxylation is 1. The highest BCUT2D eigenvalue weighted by Crippen LogP contribution is 2.33. The summed E-state index contributed by atoms with van der Waals surface area (Å²) in [5, 5.41) is 20.4. The molecule has 0 bridgehead atoms. The molecule has 2 atom stereocenters. The van der Waals surface area contributed by atoms with Crippen LogP contribution in [0.3, 0.4) is 0 Å². The van der Waals surface area contributed by atoms with Crippen molar-refractivity contribution in [3.8, 4) is 11.8 Å². The van der Waals surface area contributed by atoms with E-state index in [1.165, 1.54) is 4.90 Å². The lowest BCUT2D eigenvalue weighted by Crippen LogP contribution is -2.37. The number of H-pyrrole nitrogens is 1. The summed E-state index contributed by atoms with van der Waals surface area (Å²) in [6.07, 6.45) is 2.22. The molecule has 0 spiro atoms. The minimum atomic E-state index is -1.64. The van der Waals surface area contributed by atoms with Gasteiger partial charge >= 0.3 is 0 Å². The molecule has 144 valence electrons. The SMILES string of the molecule is C[C@H]1CCc2[nH]nc(C(=O)Nc3cccc(C#C[C@]4(O)CCN(C)C4=O)c3)c21. The minimum Gasteiger partial charge on any atom is -0.369 e. The van der Waals surface area contributed by atoms with Gasteiger partial charge in [0, 0.05) is 42.5 Å². The standard InChI is InChI=1S/C21H22N4O3/c1-13-6-7-16-17(13)18(24-23-16)19(26)22-15-5-3-4-14(12-15)8-9-21(28)10-11-25(2)20(21)27/h3-5,12-13,28H,6-7,10-11H2,1-2H3,(H,22,26)(H,23,24)/t13-,21-/m0/s1. The summed E-state index contributed by atoms with van der Waals surface area (Å²) in [6.45, 7) is 2.58. The fourth-order valence-corrected chi connectivity index (χ4v) is 3.80. The molecule has 4 rings (SSSR count). The van der Waals surface area contributed by atoms with Gasteiger partial charge in [-0.05, 0) is 37.0 Å². The second kappa shape index (κ2) is 6.80. The van der Waals surface area contributed by atoms with Crippen LogP contribution in [0.2, 0.25) is 0 Å². The Morgan fingerprint density at radius 1 is 1.46 bits per heavy atom. The van der Waals surface area contributed by atoms with Gasteiger partial charge in [-0.15, -0.1) is 0 Å². The summed E-state index contributed by atoms with van der Waals surface area (Å²) in [5.41, 5.74) is 2.02. The van der Waals surface area contributed by atoms with Gasteiger partial charge in [0.25, 0.3) is 11.8 Å². The van der Waals surface area contributed by atoms with Crippen molar-refractivity contribution in [3.05, 3.63) is 46.8 Å². The van der Waals surface area contributed by atoms with E-state index in [1.807, 2.05) is 0 Å². The maximum atomic E-state index is 12.7. The molecular weight excluding hydrogens is 356 g/mol. The molecular formula is C21H22N4O3. The monoisotopic (exact) mass is 378 g/mol. The molecule has 1 aromatic carbocycles. The fraction of sp³-hybridized carbons (Fsp3) is 0.381. The normalized spacial score (nSPS) is 23.3. The summed E-state index contributed by atoms with van der Waals surface area (Å²) in [4.78, 5) is 26.2. The van der Waals surface area contributed by atoms with Gasteiger partial charge in [-0.3, -0.25) is 14.7 Å². The molecule has 1 saturated heterocycles. The lowest BCUT2D eigenvalue weighted by molar-refractivity contribution is -0.137. The van der Waals surface area contributed by atoms with Crippen LogP contribution in [-0.4, -0.2) is 51.2 Å². The maximum Gasteiger partial charge on any atom is 0.276 e. The molecule has 2 aromatic rings. The van der Waals surface area contributed by atoms with Crippen molar-refractivity contribution in [1.82, 2.24) is 15.1 Å². The number of likely N-dealkylation sites (N-methyl/N-ethyl adjacent to an activating group) is 1. The quantitative estimate of drug-likeness (QED) is 0.692. The number of fused-ring (bicyclic) bond motifs is 1. The van der Waals surface area contributed by atoms with Crippen LogP contribution < -0.4 is 5.32 Å². The molecule has 2 aliphatic rings. The van der Waals surface area contributed by atoms with Crippen LogP contribution >= 0.6 is 0 Å². The van der Waals surface area contributed by atoms with E-state index in [0.717, 1.165) is 24.1 Å². The molecule has 1 aliphatic carbocycles. The van der Waals surface area contributed by atoms with Crippen LogP contribution in [0.5, 0.6) is 0 Å². The average Bonchev–Trinajstić information content (AvgIpc) is 3.33. The Morgan fingerprint density at radius 3 is 3.04 bits per heavy atom. The van der Waals surface area contributed by atoms with Crippen molar-refractivity contribution in [2.24, 2.45) is 0 Å². The second-order valence-electron chi connectivity index (χ2n) is 7.53. The van der Waals surface area contributed by atoms with E-state index in [4.69, 9.17) is 0 Å². The van der Waals surface area contributed by atoms with Gasteiger partial charge < -0.3 is 15.3 Å². The zero-order valence-corrected chi connectivity index (χ0v) is 15.9. The number of carbonyl (C=O) groups excluding carboxylic acids is 2. The van der Waals surface area contributed by atoms with Gasteiger partial charge in [0.2, 0.25) is 5.60 Å². The lowest BCUT2D eigenvalue weighted by Gasteiger charge is -2.13. The van der Waals surface area contributed by atoms with Crippen LogP contribution in [0.1, 0.15) is 53.0 Å². The van der Waals surface area contributed by atoms with Gasteiger partial charge in [0.05, 0.1) is 0 Å². The molecule has 0 radical (unpaired) electrons. The Labute approximate surface area is 163 Å². The van der Waals surface area contributed by atoms with E-state index in [-0.39, 0.29) is 18.2 Å². The van der Waals surface area contributed by atoms with Gasteiger partial charge in [-0.1, -0.05) is 24.8 Å². The molecule has 1 aromatic heterocycles. The number of amides is 2. The van der Waals surface area contributed by atoms with Crippen molar-refractivity contribution in [2.75, 3.05) is 18.9 Å². The number of anilines is 1. The Balaban J connectivity index is 1.52. The van der Waals surface area contributed by atoms with Crippen molar-refractivity contribution in [2.45, 2.75) is 37.7 Å². The number of likely N-dealkylation sites (tertiary alicyclic amines) is 1. The number of benzene rings is 1. The first-order valence-corrected chi connectivity index (χ1v) is 9.37. The summed E-state index contributed by atoms with van der Waals surface area (Å²) in [6, 6.07) is 7.02. The number of aliphatic hydroxyl groups is 1. The van der Waals surface area contributed by atoms with Crippen LogP contribution in [0.25, 0.3) is 0 Å². The molecule has 28 heavy (non-hydrogen) atoms. The Kier molecular flexibility index (Phi) is 4.44. The third-order valence-electron chi connectivity index (χ3n) is 5.46. The second-order valence-corrected chi connectivity index (χ2v) is 7.53. The molecule has 2 amide bonds. The van der Waals surface area contributed by atoms with Crippen molar-refractivity contribution < 1.29 is 14.7 Å². The Morgan fingerprint density at radius 2 is 2.29 bits per heavy atom. The number of hydrogen-bond donors (Lipinski definition) is 3. The van der Waals surface area contributed by atoms with E-state index in [1.54, 1.807) is 31.3 Å². The molecule has 2 heterocycles. The van der Waals surface area contributed by atoms with Gasteiger partial charge in [0.1, 0.15) is 0 Å². The van der Waals surface area contributed by atoms with Gasteiger partial charge in [-0.2, -0.15) is 5.10 Å². The summed E-state index contributed by atoms with van der Waals surface area (Å²) >= 11 is 0. The fourth-order valence-electron chi connectivity index (χ4n) is 3.80. The third kappa shape index (κ3) is 3.16. The van der Waals surface area contributed by atoms with E-state index >= 15 is 0 Å². The highest BCUT2D eigenvalue weighted by Gasteiger charge is 2.42. The molecule has 1 fully saturated rings. The smallest absolute Gasteiger partial charge is 0.276 e. The number of aromatic amines is 1. The zero-order chi connectivity index (χ0) is 19.9. The summed E-state index contributed by atoms with van der Waals surface area (Å²) in [5.74, 6) is 5.21. The Bertz CT molecular complexity index is 1020. The maximum absolute atomic E-state index is 12.7. The van der Waals surface area contributed by atoms with E-state index in [9.17, 15) is 14.7 Å². The first kappa shape index (κ1) is 18.3. The molecule has 0 saturated carbocycles. The van der Waals surface area contributed by atoms with Gasteiger partial charge in [-0.25, -0.2) is 0 Å². The van der Waals surface area contributed by atoms with Crippen LogP contribution in [-0.2, 0) is 11.2 Å². The summed E-state index contributed by atoms with van der Waals surface area (Å²) < 4.78 is 0. The number of nitrogens with zero attached hydrogens (tertiary/aromatic N) is 2. The number of nitrogens with one attached hydrogen (secondary N) is 2. The average molecular weight is 378 g/mol. The van der Waals surface area contributed by atoms with Crippen LogP contribution in [0, 0.1) is 11.8 Å².